The van der Waals surface area contributed by atoms with Crippen LogP contribution in [0, 0.1) is 0 Å². The zero-order valence-corrected chi connectivity index (χ0v) is 14.6. The largest absolute Gasteiger partial charge is 0.508 e. The SMILES string of the molecule is COc1c(OC)c(O)c2c(=O)c(O)c(-c3cc(O)ccc3O)oc2c1OC. The van der Waals surface area contributed by atoms with Gasteiger partial charge in [0.05, 0.1) is 26.9 Å². The first-order chi connectivity index (χ1) is 12.8. The molecule has 142 valence electrons. The summed E-state index contributed by atoms with van der Waals surface area (Å²) in [7, 11) is 3.84. The Labute approximate surface area is 152 Å². The summed E-state index contributed by atoms with van der Waals surface area (Å²) >= 11 is 0. The van der Waals surface area contributed by atoms with Gasteiger partial charge < -0.3 is 39.1 Å². The van der Waals surface area contributed by atoms with Crippen molar-refractivity contribution in [3.8, 4) is 51.6 Å². The van der Waals surface area contributed by atoms with Crippen LogP contribution in [0.2, 0.25) is 0 Å². The molecule has 0 aliphatic rings. The highest BCUT2D eigenvalue weighted by atomic mass is 16.5. The third-order valence-corrected chi connectivity index (χ3v) is 4.00. The normalized spacial score (nSPS) is 10.8. The van der Waals surface area contributed by atoms with Crippen LogP contribution in [0.3, 0.4) is 0 Å². The van der Waals surface area contributed by atoms with Gasteiger partial charge >= 0.3 is 0 Å². The average Bonchev–Trinajstić information content (AvgIpc) is 2.65. The summed E-state index contributed by atoms with van der Waals surface area (Å²) in [5.41, 5.74) is -1.37. The van der Waals surface area contributed by atoms with Crippen molar-refractivity contribution in [1.29, 1.82) is 0 Å². The van der Waals surface area contributed by atoms with Gasteiger partial charge in [0, 0.05) is 0 Å². The third-order valence-electron chi connectivity index (χ3n) is 4.00. The van der Waals surface area contributed by atoms with Gasteiger partial charge in [0.15, 0.2) is 17.1 Å². The van der Waals surface area contributed by atoms with Crippen molar-refractivity contribution in [2.45, 2.75) is 0 Å². The molecule has 0 aliphatic heterocycles. The lowest BCUT2D eigenvalue weighted by molar-refractivity contribution is 0.311. The van der Waals surface area contributed by atoms with Gasteiger partial charge in [-0.05, 0) is 18.2 Å². The van der Waals surface area contributed by atoms with Gasteiger partial charge in [-0.25, -0.2) is 0 Å². The molecule has 27 heavy (non-hydrogen) atoms. The van der Waals surface area contributed by atoms with Gasteiger partial charge in [0.2, 0.25) is 28.4 Å². The molecule has 0 spiro atoms. The van der Waals surface area contributed by atoms with Crippen molar-refractivity contribution < 1.29 is 39.1 Å². The minimum Gasteiger partial charge on any atom is -0.508 e. The summed E-state index contributed by atoms with van der Waals surface area (Å²) < 4.78 is 21.1. The number of rotatable bonds is 4. The van der Waals surface area contributed by atoms with Crippen LogP contribution in [0.1, 0.15) is 0 Å². The fraction of sp³-hybridized carbons (Fsp3) is 0.167. The Morgan fingerprint density at radius 3 is 2.07 bits per heavy atom. The van der Waals surface area contributed by atoms with E-state index in [1.54, 1.807) is 0 Å². The molecule has 3 rings (SSSR count). The zero-order valence-electron chi connectivity index (χ0n) is 14.6. The number of phenolic OH excluding ortho intramolecular Hbond substituents is 3. The maximum atomic E-state index is 12.7. The molecule has 0 amide bonds. The van der Waals surface area contributed by atoms with E-state index in [0.29, 0.717) is 0 Å². The number of fused-ring (bicyclic) bond motifs is 1. The first-order valence-corrected chi connectivity index (χ1v) is 7.58. The predicted molar refractivity (Wildman–Crippen MR) is 94.2 cm³/mol. The second-order valence-corrected chi connectivity index (χ2v) is 5.46. The average molecular weight is 376 g/mol. The summed E-state index contributed by atoms with van der Waals surface area (Å²) in [5.74, 6) is -2.78. The Hall–Kier alpha value is -3.75. The summed E-state index contributed by atoms with van der Waals surface area (Å²) in [5, 5.41) is 40.0. The van der Waals surface area contributed by atoms with Crippen LogP contribution in [-0.2, 0) is 0 Å². The van der Waals surface area contributed by atoms with E-state index < -0.39 is 28.1 Å². The lowest BCUT2D eigenvalue weighted by atomic mass is 10.1. The highest BCUT2D eigenvalue weighted by Gasteiger charge is 2.29. The van der Waals surface area contributed by atoms with Crippen LogP contribution in [0.5, 0.6) is 40.2 Å². The van der Waals surface area contributed by atoms with Gasteiger partial charge in [-0.2, -0.15) is 0 Å². The van der Waals surface area contributed by atoms with E-state index in [1.807, 2.05) is 0 Å². The monoisotopic (exact) mass is 376 g/mol. The molecule has 0 saturated heterocycles. The van der Waals surface area contributed by atoms with E-state index in [1.165, 1.54) is 27.4 Å². The Morgan fingerprint density at radius 2 is 1.48 bits per heavy atom. The van der Waals surface area contributed by atoms with E-state index in [2.05, 4.69) is 0 Å². The fourth-order valence-corrected chi connectivity index (χ4v) is 2.78. The van der Waals surface area contributed by atoms with Crippen molar-refractivity contribution in [2.24, 2.45) is 0 Å². The second-order valence-electron chi connectivity index (χ2n) is 5.46. The second kappa shape index (κ2) is 6.52. The fourth-order valence-electron chi connectivity index (χ4n) is 2.78. The summed E-state index contributed by atoms with van der Waals surface area (Å²) in [6.45, 7) is 0. The zero-order chi connectivity index (χ0) is 19.9. The first-order valence-electron chi connectivity index (χ1n) is 7.58. The van der Waals surface area contributed by atoms with E-state index in [9.17, 15) is 25.2 Å². The number of phenols is 3. The number of hydrogen-bond acceptors (Lipinski definition) is 9. The molecule has 2 aromatic carbocycles. The minimum atomic E-state index is -0.995. The predicted octanol–water partition coefficient (Wildman–Crippen LogP) is 2.31. The van der Waals surface area contributed by atoms with Crippen molar-refractivity contribution in [3.05, 3.63) is 28.4 Å². The molecule has 1 heterocycles. The minimum absolute atomic E-state index is 0.0371. The molecule has 0 aliphatic carbocycles. The Morgan fingerprint density at radius 1 is 0.852 bits per heavy atom. The molecule has 3 aromatic rings. The Bertz CT molecular complexity index is 1100. The molecule has 0 atom stereocenters. The van der Waals surface area contributed by atoms with Crippen molar-refractivity contribution >= 4 is 11.0 Å². The van der Waals surface area contributed by atoms with Crippen molar-refractivity contribution in [2.75, 3.05) is 21.3 Å². The number of hydrogen-bond donors (Lipinski definition) is 4. The number of benzene rings is 2. The lowest BCUT2D eigenvalue weighted by Crippen LogP contribution is -2.06. The Balaban J connectivity index is 2.53. The van der Waals surface area contributed by atoms with Crippen LogP contribution in [-0.4, -0.2) is 41.8 Å². The number of ether oxygens (including phenoxy) is 3. The van der Waals surface area contributed by atoms with Gasteiger partial charge in [0.1, 0.15) is 16.9 Å². The smallest absolute Gasteiger partial charge is 0.239 e. The number of methoxy groups -OCH3 is 3. The van der Waals surface area contributed by atoms with Crippen LogP contribution >= 0.6 is 0 Å². The van der Waals surface area contributed by atoms with E-state index >= 15 is 0 Å². The Kier molecular flexibility index (Phi) is 4.36. The standard InChI is InChI=1S/C18H16O9/c1-24-16-12(22)10-11(21)13(23)14(8-6-7(19)4-5-9(8)20)27-15(10)17(25-2)18(16)26-3/h4-6,19-20,22-23H,1-3H3. The quantitative estimate of drug-likeness (QED) is 0.505. The topological polar surface area (TPSA) is 139 Å². The van der Waals surface area contributed by atoms with Crippen molar-refractivity contribution in [1.82, 2.24) is 0 Å². The van der Waals surface area contributed by atoms with Crippen LogP contribution in [0.4, 0.5) is 0 Å². The molecule has 0 saturated carbocycles. The molecule has 9 heteroatoms. The van der Waals surface area contributed by atoms with Crippen LogP contribution < -0.4 is 19.6 Å². The molecule has 0 radical (unpaired) electrons. The van der Waals surface area contributed by atoms with Gasteiger partial charge in [-0.1, -0.05) is 0 Å². The van der Waals surface area contributed by atoms with Crippen LogP contribution in [0.25, 0.3) is 22.3 Å². The summed E-state index contributed by atoms with van der Waals surface area (Å²) in [6.07, 6.45) is 0. The van der Waals surface area contributed by atoms with Gasteiger partial charge in [-0.15, -0.1) is 0 Å². The molecule has 0 fully saturated rings. The number of aromatic hydroxyl groups is 4. The molecular weight excluding hydrogens is 360 g/mol. The molecular formula is C18H16O9. The maximum absolute atomic E-state index is 12.7. The highest BCUT2D eigenvalue weighted by Crippen LogP contribution is 2.51. The van der Waals surface area contributed by atoms with E-state index in [0.717, 1.165) is 12.1 Å². The molecule has 0 unspecified atom stereocenters. The maximum Gasteiger partial charge on any atom is 0.239 e. The summed E-state index contributed by atoms with van der Waals surface area (Å²) in [4.78, 5) is 12.7. The highest BCUT2D eigenvalue weighted by molar-refractivity contribution is 5.96. The van der Waals surface area contributed by atoms with E-state index in [-0.39, 0.29) is 39.9 Å². The molecule has 1 aromatic heterocycles. The summed E-state index contributed by atoms with van der Waals surface area (Å²) in [6, 6.07) is 3.49. The lowest BCUT2D eigenvalue weighted by Gasteiger charge is -2.16. The van der Waals surface area contributed by atoms with Gasteiger partial charge in [0.25, 0.3) is 0 Å². The van der Waals surface area contributed by atoms with Crippen molar-refractivity contribution in [3.63, 3.8) is 0 Å². The molecule has 0 bridgehead atoms. The first kappa shape index (κ1) is 18.1. The van der Waals surface area contributed by atoms with E-state index in [4.69, 9.17) is 18.6 Å². The third kappa shape index (κ3) is 2.60. The molecule has 4 N–H and O–H groups in total. The van der Waals surface area contributed by atoms with Gasteiger partial charge in [-0.3, -0.25) is 4.79 Å². The van der Waals surface area contributed by atoms with Crippen LogP contribution in [0.15, 0.2) is 27.4 Å². The molecule has 9 nitrogen and oxygen atoms in total.